The molecular formula is C34H47N3O5. The summed E-state index contributed by atoms with van der Waals surface area (Å²) in [5.74, 6) is -1.24. The van der Waals surface area contributed by atoms with E-state index in [1.54, 1.807) is 0 Å². The van der Waals surface area contributed by atoms with Crippen LogP contribution in [0.1, 0.15) is 93.4 Å². The average molecular weight is 578 g/mol. The van der Waals surface area contributed by atoms with Crippen molar-refractivity contribution in [3.05, 3.63) is 23.3 Å². The second-order valence-corrected chi connectivity index (χ2v) is 15.8. The van der Waals surface area contributed by atoms with Gasteiger partial charge in [0.15, 0.2) is 11.6 Å². The van der Waals surface area contributed by atoms with Crippen LogP contribution in [0, 0.1) is 61.6 Å². The smallest absolute Gasteiger partial charge is 0.264 e. The molecule has 0 bridgehead atoms. The van der Waals surface area contributed by atoms with Crippen LogP contribution < -0.4 is 10.9 Å². The zero-order chi connectivity index (χ0) is 31.1. The first kappa shape index (κ1) is 30.7. The summed E-state index contributed by atoms with van der Waals surface area (Å²) in [4.78, 5) is 53.9. The zero-order valence-electron chi connectivity index (χ0n) is 26.5. The lowest BCUT2D eigenvalue weighted by molar-refractivity contribution is -0.179. The number of carbonyl (C=O) groups is 4. The van der Waals surface area contributed by atoms with Gasteiger partial charge in [0.2, 0.25) is 5.91 Å². The molecule has 0 spiro atoms. The van der Waals surface area contributed by atoms with Crippen LogP contribution in [0.2, 0.25) is 0 Å². The average Bonchev–Trinajstić information content (AvgIpc) is 2.90. The van der Waals surface area contributed by atoms with Crippen LogP contribution in [0.5, 0.6) is 0 Å². The van der Waals surface area contributed by atoms with Crippen molar-refractivity contribution in [1.82, 2.24) is 10.9 Å². The molecule has 8 heteroatoms. The Morgan fingerprint density at radius 1 is 1.00 bits per heavy atom. The number of hydrogen-bond donors (Lipinski definition) is 2. The maximum atomic E-state index is 14.6. The Kier molecular flexibility index (Phi) is 7.01. The maximum absolute atomic E-state index is 14.6. The van der Waals surface area contributed by atoms with Crippen molar-refractivity contribution >= 4 is 23.4 Å². The van der Waals surface area contributed by atoms with Crippen LogP contribution in [0.15, 0.2) is 23.3 Å². The number of ketones is 2. The summed E-state index contributed by atoms with van der Waals surface area (Å²) >= 11 is 0. The van der Waals surface area contributed by atoms with E-state index in [0.29, 0.717) is 19.3 Å². The van der Waals surface area contributed by atoms with Crippen LogP contribution in [0.4, 0.5) is 0 Å². The van der Waals surface area contributed by atoms with Gasteiger partial charge in [-0.15, -0.1) is 0 Å². The highest BCUT2D eigenvalue weighted by atomic mass is 16.5. The molecule has 0 saturated heterocycles. The minimum absolute atomic E-state index is 0.0142. The number of carbonyl (C=O) groups excluding carboxylic acids is 4. The van der Waals surface area contributed by atoms with Crippen LogP contribution in [-0.2, 0) is 23.9 Å². The van der Waals surface area contributed by atoms with E-state index < -0.39 is 27.6 Å². The van der Waals surface area contributed by atoms with Crippen molar-refractivity contribution < 1.29 is 23.9 Å². The van der Waals surface area contributed by atoms with Crippen LogP contribution in [-0.4, -0.2) is 37.1 Å². The zero-order valence-corrected chi connectivity index (χ0v) is 26.5. The maximum Gasteiger partial charge on any atom is 0.264 e. The van der Waals surface area contributed by atoms with E-state index in [-0.39, 0.29) is 58.2 Å². The second kappa shape index (κ2) is 9.61. The third kappa shape index (κ3) is 4.02. The topological polar surface area (TPSA) is 125 Å². The van der Waals surface area contributed by atoms with Crippen molar-refractivity contribution in [3.8, 4) is 6.07 Å². The first-order valence-corrected chi connectivity index (χ1v) is 15.5. The lowest BCUT2D eigenvalue weighted by Crippen LogP contribution is -2.67. The summed E-state index contributed by atoms with van der Waals surface area (Å²) in [7, 11) is 1.43. The van der Waals surface area contributed by atoms with Gasteiger partial charge in [-0.3, -0.25) is 30.0 Å². The third-order valence-corrected chi connectivity index (χ3v) is 12.9. The number of Topliss-reactive ketones (excluding diaryl/α,β-unsaturated/α-hetero) is 1. The normalized spacial score (nSPS) is 41.5. The number of fused-ring (bicyclic) bond motifs is 7. The minimum atomic E-state index is -0.758. The fraction of sp³-hybridized carbons (Fsp3) is 0.735. The van der Waals surface area contributed by atoms with Crippen LogP contribution in [0.3, 0.4) is 0 Å². The molecule has 0 aromatic rings. The predicted octanol–water partition coefficient (Wildman–Crippen LogP) is 5.00. The molecule has 7 atom stereocenters. The molecule has 5 aliphatic carbocycles. The molecule has 3 fully saturated rings. The number of nitrogens with zero attached hydrogens (tertiary/aromatic N) is 1. The van der Waals surface area contributed by atoms with E-state index in [4.69, 9.17) is 4.74 Å². The molecule has 2 N–H and O–H groups in total. The quantitative estimate of drug-likeness (QED) is 0.455. The fourth-order valence-electron chi connectivity index (χ4n) is 10.4. The molecule has 3 saturated carbocycles. The van der Waals surface area contributed by atoms with Crippen LogP contribution >= 0.6 is 0 Å². The molecule has 5 aliphatic rings. The summed E-state index contributed by atoms with van der Waals surface area (Å²) in [6, 6.07) is 2.16. The highest BCUT2D eigenvalue weighted by Gasteiger charge is 2.70. The molecule has 0 radical (unpaired) electrons. The third-order valence-electron chi connectivity index (χ3n) is 12.9. The Labute approximate surface area is 250 Å². The number of hydrogen-bond acceptors (Lipinski definition) is 6. The number of allylic oxidation sites excluding steroid dienone is 4. The lowest BCUT2D eigenvalue weighted by Gasteiger charge is -2.69. The number of nitrogens with one attached hydrogen (secondary N) is 2. The molecule has 0 aromatic heterocycles. The lowest BCUT2D eigenvalue weighted by atomic mass is 9.34. The number of amides is 2. The number of nitriles is 1. The SMILES string of the molecule is COCC(=O)NNC(=O)[C@]12CCC(C)(C)C[C@H]1[C@H]1C(=O)C=C3[C@@]4(C)C=C(C#N)C(=O)C(C)(C)[C@@H]4CC[C@@]3(C)[C@]1(C)CC2. The Hall–Kier alpha value is -2.79. The van der Waals surface area contributed by atoms with Crippen molar-refractivity contribution in [1.29, 1.82) is 5.26 Å². The van der Waals surface area contributed by atoms with Gasteiger partial charge in [-0.25, -0.2) is 0 Å². The second-order valence-electron chi connectivity index (χ2n) is 15.8. The summed E-state index contributed by atoms with van der Waals surface area (Å²) in [5.41, 5.74) is 3.59. The van der Waals surface area contributed by atoms with Gasteiger partial charge < -0.3 is 4.74 Å². The van der Waals surface area contributed by atoms with Gasteiger partial charge in [0.1, 0.15) is 12.7 Å². The fourth-order valence-corrected chi connectivity index (χ4v) is 10.4. The van der Waals surface area contributed by atoms with Gasteiger partial charge in [0.25, 0.3) is 5.91 Å². The molecule has 0 aromatic carbocycles. The van der Waals surface area contributed by atoms with E-state index in [2.05, 4.69) is 51.5 Å². The first-order chi connectivity index (χ1) is 19.4. The largest absolute Gasteiger partial charge is 0.375 e. The Morgan fingerprint density at radius 2 is 1.67 bits per heavy atom. The Morgan fingerprint density at radius 3 is 2.31 bits per heavy atom. The molecule has 42 heavy (non-hydrogen) atoms. The van der Waals surface area contributed by atoms with Gasteiger partial charge in [0.05, 0.1) is 11.0 Å². The summed E-state index contributed by atoms with van der Waals surface area (Å²) in [5, 5.41) is 9.92. The summed E-state index contributed by atoms with van der Waals surface area (Å²) in [6.07, 6.45) is 8.98. The van der Waals surface area contributed by atoms with Crippen molar-refractivity contribution in [2.24, 2.45) is 50.2 Å². The van der Waals surface area contributed by atoms with E-state index in [1.807, 2.05) is 26.0 Å². The molecule has 5 rings (SSSR count). The molecule has 0 heterocycles. The van der Waals surface area contributed by atoms with Crippen molar-refractivity contribution in [2.75, 3.05) is 13.7 Å². The van der Waals surface area contributed by atoms with Gasteiger partial charge in [-0.2, -0.15) is 5.26 Å². The number of hydrazine groups is 1. The van der Waals surface area contributed by atoms with E-state index in [0.717, 1.165) is 31.3 Å². The predicted molar refractivity (Wildman–Crippen MR) is 157 cm³/mol. The van der Waals surface area contributed by atoms with E-state index in [9.17, 15) is 24.4 Å². The molecule has 228 valence electrons. The molecular weight excluding hydrogens is 530 g/mol. The van der Waals surface area contributed by atoms with E-state index in [1.165, 1.54) is 7.11 Å². The Balaban J connectivity index is 1.61. The molecule has 8 nitrogen and oxygen atoms in total. The Bertz CT molecular complexity index is 1350. The van der Waals surface area contributed by atoms with Crippen LogP contribution in [0.25, 0.3) is 0 Å². The summed E-state index contributed by atoms with van der Waals surface area (Å²) in [6.45, 7) is 14.8. The monoisotopic (exact) mass is 577 g/mol. The van der Waals surface area contributed by atoms with E-state index >= 15 is 0 Å². The molecule has 0 aliphatic heterocycles. The van der Waals surface area contributed by atoms with Crippen molar-refractivity contribution in [2.45, 2.75) is 93.4 Å². The van der Waals surface area contributed by atoms with Crippen molar-refractivity contribution in [3.63, 3.8) is 0 Å². The standard InChI is InChI=1S/C34H47N3O5/c1-29(2)11-13-34(28(41)37-36-25(39)19-42-8)14-12-33(7)26(21(34)17-29)22(38)15-24-31(5)16-20(18-35)27(40)30(3,4)23(31)9-10-32(24,33)6/h15-16,21,23,26H,9-14,17,19H2,1-8H3,(H,36,39)(H,37,41)/t21-,23-,26-,31-,32+,33+,34-/m0/s1. The number of methoxy groups -OCH3 is 1. The highest BCUT2D eigenvalue weighted by molar-refractivity contribution is 6.04. The van der Waals surface area contributed by atoms with Gasteiger partial charge in [-0.05, 0) is 79.1 Å². The summed E-state index contributed by atoms with van der Waals surface area (Å²) < 4.78 is 4.90. The minimum Gasteiger partial charge on any atom is -0.375 e. The molecule has 0 unspecified atom stereocenters. The van der Waals surface area contributed by atoms with Gasteiger partial charge in [0, 0.05) is 23.9 Å². The highest BCUT2D eigenvalue weighted by Crippen LogP contribution is 2.74. The number of rotatable bonds is 3. The van der Waals surface area contributed by atoms with Gasteiger partial charge >= 0.3 is 0 Å². The molecule has 2 amide bonds. The first-order valence-electron chi connectivity index (χ1n) is 15.5. The number of ether oxygens (including phenoxy) is 1. The van der Waals surface area contributed by atoms with Gasteiger partial charge in [-0.1, -0.05) is 60.1 Å².